The van der Waals surface area contributed by atoms with Gasteiger partial charge in [0.15, 0.2) is 0 Å². The predicted octanol–water partition coefficient (Wildman–Crippen LogP) is 0.771. The topological polar surface area (TPSA) is 32.3 Å². The molecule has 1 unspecified atom stereocenters. The van der Waals surface area contributed by atoms with Gasteiger partial charge in [0.25, 0.3) is 0 Å². The average Bonchev–Trinajstić information content (AvgIpc) is 2.59. The molecule has 78 valence electrons. The summed E-state index contributed by atoms with van der Waals surface area (Å²) in [5.41, 5.74) is 1.34. The predicted molar refractivity (Wildman–Crippen MR) is 55.9 cm³/mol. The lowest BCUT2D eigenvalue weighted by Gasteiger charge is -2.17. The van der Waals surface area contributed by atoms with Crippen molar-refractivity contribution < 1.29 is 4.79 Å². The fourth-order valence-electron chi connectivity index (χ4n) is 2.63. The maximum absolute atomic E-state index is 11.7. The van der Waals surface area contributed by atoms with Crippen LogP contribution in [-0.2, 0) is 4.79 Å². The summed E-state index contributed by atoms with van der Waals surface area (Å²) in [6.07, 6.45) is 3.15. The standard InChI is InChI=1S/C11H18N2O/c1-7-4-8-6-10(11(14)13(2)3)12-9(8)5-7/h8-10,12H,1,4-6H2,2-3H3/t8-,9+,10?/m0/s1. The fourth-order valence-corrected chi connectivity index (χ4v) is 2.63. The number of amides is 1. The van der Waals surface area contributed by atoms with Crippen molar-refractivity contribution in [1.29, 1.82) is 0 Å². The van der Waals surface area contributed by atoms with Crippen molar-refractivity contribution in [2.24, 2.45) is 5.92 Å². The number of rotatable bonds is 1. The Morgan fingerprint density at radius 3 is 2.79 bits per heavy atom. The van der Waals surface area contributed by atoms with Crippen LogP contribution in [0, 0.1) is 5.92 Å². The van der Waals surface area contributed by atoms with Crippen LogP contribution in [0.5, 0.6) is 0 Å². The average molecular weight is 194 g/mol. The van der Waals surface area contributed by atoms with E-state index in [1.807, 2.05) is 14.1 Å². The van der Waals surface area contributed by atoms with E-state index < -0.39 is 0 Å². The minimum Gasteiger partial charge on any atom is -0.347 e. The Morgan fingerprint density at radius 2 is 2.21 bits per heavy atom. The van der Waals surface area contributed by atoms with E-state index in [1.54, 1.807) is 4.90 Å². The van der Waals surface area contributed by atoms with Crippen LogP contribution < -0.4 is 5.32 Å². The molecule has 1 aliphatic carbocycles. The Balaban J connectivity index is 1.97. The molecule has 3 nitrogen and oxygen atoms in total. The smallest absolute Gasteiger partial charge is 0.239 e. The van der Waals surface area contributed by atoms with Crippen LogP contribution in [-0.4, -0.2) is 37.0 Å². The molecule has 1 aliphatic heterocycles. The van der Waals surface area contributed by atoms with Gasteiger partial charge in [-0.2, -0.15) is 0 Å². The third-order valence-corrected chi connectivity index (χ3v) is 3.32. The van der Waals surface area contributed by atoms with Crippen molar-refractivity contribution in [3.63, 3.8) is 0 Å². The van der Waals surface area contributed by atoms with Gasteiger partial charge in [0.2, 0.25) is 5.91 Å². The molecule has 2 fully saturated rings. The first-order chi connectivity index (χ1) is 6.58. The van der Waals surface area contributed by atoms with Gasteiger partial charge in [-0.15, -0.1) is 0 Å². The molecule has 1 heterocycles. The molecule has 0 aromatic heterocycles. The lowest BCUT2D eigenvalue weighted by atomic mass is 10.0. The summed E-state index contributed by atoms with van der Waals surface area (Å²) in [6, 6.07) is 0.560. The van der Waals surface area contributed by atoms with Crippen molar-refractivity contribution >= 4 is 5.91 Å². The third kappa shape index (κ3) is 1.57. The molecule has 1 amide bonds. The second kappa shape index (κ2) is 3.39. The van der Waals surface area contributed by atoms with Crippen LogP contribution >= 0.6 is 0 Å². The number of hydrogen-bond donors (Lipinski definition) is 1. The van der Waals surface area contributed by atoms with Crippen LogP contribution in [0.2, 0.25) is 0 Å². The van der Waals surface area contributed by atoms with Gasteiger partial charge in [-0.1, -0.05) is 12.2 Å². The molecule has 2 aliphatic rings. The molecule has 0 aromatic carbocycles. The quantitative estimate of drug-likeness (QED) is 0.625. The van der Waals surface area contributed by atoms with Gasteiger partial charge < -0.3 is 10.2 Å². The lowest BCUT2D eigenvalue weighted by Crippen LogP contribution is -2.42. The summed E-state index contributed by atoms with van der Waals surface area (Å²) in [5.74, 6) is 0.862. The molecule has 14 heavy (non-hydrogen) atoms. The van der Waals surface area contributed by atoms with E-state index in [2.05, 4.69) is 11.9 Å². The van der Waals surface area contributed by atoms with Gasteiger partial charge in [0, 0.05) is 20.1 Å². The maximum Gasteiger partial charge on any atom is 0.239 e. The van der Waals surface area contributed by atoms with Crippen LogP contribution in [0.3, 0.4) is 0 Å². The highest BCUT2D eigenvalue weighted by molar-refractivity contribution is 5.81. The van der Waals surface area contributed by atoms with E-state index >= 15 is 0 Å². The number of carbonyl (C=O) groups excluding carboxylic acids is 1. The highest BCUT2D eigenvalue weighted by Crippen LogP contribution is 2.37. The van der Waals surface area contributed by atoms with Gasteiger partial charge in [-0.3, -0.25) is 4.79 Å². The largest absolute Gasteiger partial charge is 0.347 e. The summed E-state index contributed by atoms with van der Waals surface area (Å²) in [7, 11) is 3.63. The van der Waals surface area contributed by atoms with E-state index in [1.165, 1.54) is 5.57 Å². The van der Waals surface area contributed by atoms with Crippen molar-refractivity contribution in [3.05, 3.63) is 12.2 Å². The Kier molecular flexibility index (Phi) is 2.35. The van der Waals surface area contributed by atoms with Crippen molar-refractivity contribution in [2.45, 2.75) is 31.3 Å². The van der Waals surface area contributed by atoms with Gasteiger partial charge in [0.05, 0.1) is 6.04 Å². The fraction of sp³-hybridized carbons (Fsp3) is 0.727. The molecule has 0 spiro atoms. The van der Waals surface area contributed by atoms with Gasteiger partial charge in [-0.25, -0.2) is 0 Å². The highest BCUT2D eigenvalue weighted by Gasteiger charge is 2.41. The van der Waals surface area contributed by atoms with Crippen molar-refractivity contribution in [1.82, 2.24) is 10.2 Å². The van der Waals surface area contributed by atoms with Crippen LogP contribution in [0.15, 0.2) is 12.2 Å². The van der Waals surface area contributed by atoms with E-state index in [9.17, 15) is 4.79 Å². The van der Waals surface area contributed by atoms with Crippen LogP contribution in [0.1, 0.15) is 19.3 Å². The molecule has 3 atom stereocenters. The zero-order chi connectivity index (χ0) is 10.3. The molecular weight excluding hydrogens is 176 g/mol. The first-order valence-electron chi connectivity index (χ1n) is 5.22. The number of nitrogens with zero attached hydrogens (tertiary/aromatic N) is 1. The monoisotopic (exact) mass is 194 g/mol. The molecule has 0 aromatic rings. The molecule has 1 saturated heterocycles. The summed E-state index contributed by atoms with van der Waals surface area (Å²) in [4.78, 5) is 13.4. The molecular formula is C11H18N2O. The number of fused-ring (bicyclic) bond motifs is 1. The van der Waals surface area contributed by atoms with E-state index in [-0.39, 0.29) is 11.9 Å². The number of likely N-dealkylation sites (N-methyl/N-ethyl adjacent to an activating group) is 1. The normalized spacial score (nSPS) is 35.9. The Hall–Kier alpha value is -0.830. The number of hydrogen-bond acceptors (Lipinski definition) is 2. The first kappa shape index (κ1) is 9.71. The number of carbonyl (C=O) groups is 1. The summed E-state index contributed by atoms with van der Waals surface area (Å²) in [5, 5.41) is 3.41. The molecule has 1 saturated carbocycles. The summed E-state index contributed by atoms with van der Waals surface area (Å²) < 4.78 is 0. The first-order valence-corrected chi connectivity index (χ1v) is 5.22. The van der Waals surface area contributed by atoms with Crippen molar-refractivity contribution in [3.8, 4) is 0 Å². The summed E-state index contributed by atoms with van der Waals surface area (Å²) >= 11 is 0. The maximum atomic E-state index is 11.7. The van der Waals surface area contributed by atoms with Gasteiger partial charge >= 0.3 is 0 Å². The molecule has 0 bridgehead atoms. The highest BCUT2D eigenvalue weighted by atomic mass is 16.2. The molecule has 0 radical (unpaired) electrons. The van der Waals surface area contributed by atoms with Gasteiger partial charge in [-0.05, 0) is 25.2 Å². The van der Waals surface area contributed by atoms with Crippen molar-refractivity contribution in [2.75, 3.05) is 14.1 Å². The third-order valence-electron chi connectivity index (χ3n) is 3.32. The minimum atomic E-state index is 0.0492. The minimum absolute atomic E-state index is 0.0492. The second-order valence-electron chi connectivity index (χ2n) is 4.71. The zero-order valence-electron chi connectivity index (χ0n) is 8.92. The van der Waals surface area contributed by atoms with E-state index in [0.717, 1.165) is 19.3 Å². The van der Waals surface area contributed by atoms with E-state index in [4.69, 9.17) is 0 Å². The Labute approximate surface area is 85.2 Å². The van der Waals surface area contributed by atoms with E-state index in [0.29, 0.717) is 12.0 Å². The van der Waals surface area contributed by atoms with Gasteiger partial charge in [0.1, 0.15) is 0 Å². The molecule has 3 heteroatoms. The SMILES string of the molecule is C=C1C[C@H]2CC(C(=O)N(C)C)N[C@@H]2C1. The molecule has 1 N–H and O–H groups in total. The van der Waals surface area contributed by atoms with Crippen LogP contribution in [0.25, 0.3) is 0 Å². The Bertz CT molecular complexity index is 256. The second-order valence-corrected chi connectivity index (χ2v) is 4.71. The summed E-state index contributed by atoms with van der Waals surface area (Å²) in [6.45, 7) is 4.01. The Morgan fingerprint density at radius 1 is 1.50 bits per heavy atom. The lowest BCUT2D eigenvalue weighted by molar-refractivity contribution is -0.130. The number of nitrogens with one attached hydrogen (secondary N) is 1. The zero-order valence-corrected chi connectivity index (χ0v) is 8.92. The van der Waals surface area contributed by atoms with Crippen LogP contribution in [0.4, 0.5) is 0 Å². The molecule has 2 rings (SSSR count).